The first kappa shape index (κ1) is 14.9. The van der Waals surface area contributed by atoms with Crippen LogP contribution in [0.15, 0.2) is 0 Å². The summed E-state index contributed by atoms with van der Waals surface area (Å²) in [5.41, 5.74) is 0. The van der Waals surface area contributed by atoms with Gasteiger partial charge in [0.2, 0.25) is 0 Å². The Morgan fingerprint density at radius 3 is 2.53 bits per heavy atom. The summed E-state index contributed by atoms with van der Waals surface area (Å²) in [4.78, 5) is 5.01. The van der Waals surface area contributed by atoms with Crippen molar-refractivity contribution in [2.45, 2.75) is 45.7 Å². The lowest BCUT2D eigenvalue weighted by molar-refractivity contribution is 0.0712. The van der Waals surface area contributed by atoms with Crippen molar-refractivity contribution in [1.82, 2.24) is 15.1 Å². The zero-order chi connectivity index (χ0) is 12.8. The van der Waals surface area contributed by atoms with Gasteiger partial charge in [0.15, 0.2) is 0 Å². The Bertz CT molecular complexity index is 208. The molecule has 0 spiro atoms. The Balaban J connectivity index is 2.66. The summed E-state index contributed by atoms with van der Waals surface area (Å²) < 4.78 is 0. The van der Waals surface area contributed by atoms with Crippen molar-refractivity contribution >= 4 is 0 Å². The minimum atomic E-state index is 0.632. The highest BCUT2D eigenvalue weighted by Gasteiger charge is 2.32. The third kappa shape index (κ3) is 4.23. The number of piperazine rings is 1. The Morgan fingerprint density at radius 1 is 1.24 bits per heavy atom. The Kier molecular flexibility index (Phi) is 6.45. The van der Waals surface area contributed by atoms with Crippen LogP contribution < -0.4 is 5.32 Å². The first-order valence-corrected chi connectivity index (χ1v) is 7.22. The maximum Gasteiger partial charge on any atom is 0.0376 e. The van der Waals surface area contributed by atoms with Crippen LogP contribution in [0.1, 0.15) is 33.6 Å². The van der Waals surface area contributed by atoms with Crippen LogP contribution in [0.4, 0.5) is 0 Å². The van der Waals surface area contributed by atoms with Gasteiger partial charge >= 0.3 is 0 Å². The van der Waals surface area contributed by atoms with E-state index >= 15 is 0 Å². The van der Waals surface area contributed by atoms with Crippen molar-refractivity contribution in [2.24, 2.45) is 5.92 Å². The Labute approximate surface area is 108 Å². The Morgan fingerprint density at radius 2 is 1.94 bits per heavy atom. The minimum Gasteiger partial charge on any atom is -0.312 e. The van der Waals surface area contributed by atoms with Crippen LogP contribution in [0.3, 0.4) is 0 Å². The molecular formula is C14H31N3. The van der Waals surface area contributed by atoms with Crippen LogP contribution >= 0.6 is 0 Å². The SMILES string of the molecule is CCCC(C)C(NCC)C1CN(C)CCN1C. The molecule has 0 aromatic carbocycles. The molecule has 0 aromatic heterocycles. The molecule has 1 heterocycles. The lowest BCUT2D eigenvalue weighted by Crippen LogP contribution is -2.60. The normalized spacial score (nSPS) is 27.0. The van der Waals surface area contributed by atoms with Crippen LogP contribution in [0, 0.1) is 5.92 Å². The van der Waals surface area contributed by atoms with Crippen LogP contribution in [0.2, 0.25) is 0 Å². The van der Waals surface area contributed by atoms with Crippen LogP contribution in [0.25, 0.3) is 0 Å². The molecule has 1 N–H and O–H groups in total. The second kappa shape index (κ2) is 7.34. The van der Waals surface area contributed by atoms with E-state index < -0.39 is 0 Å². The fraction of sp³-hybridized carbons (Fsp3) is 1.00. The van der Waals surface area contributed by atoms with Crippen LogP contribution in [-0.4, -0.2) is 62.2 Å². The summed E-state index contributed by atoms with van der Waals surface area (Å²) in [5.74, 6) is 0.763. The van der Waals surface area contributed by atoms with Gasteiger partial charge in [-0.05, 0) is 33.0 Å². The summed E-state index contributed by atoms with van der Waals surface area (Å²) in [6, 6.07) is 1.29. The standard InChI is InChI=1S/C14H31N3/c1-6-8-12(3)14(15-7-2)13-11-16(4)9-10-17(13)5/h12-15H,6-11H2,1-5H3. The first-order valence-electron chi connectivity index (χ1n) is 7.22. The molecule has 1 rings (SSSR count). The summed E-state index contributed by atoms with van der Waals surface area (Å²) in [5, 5.41) is 3.72. The van der Waals surface area contributed by atoms with Gasteiger partial charge in [-0.25, -0.2) is 0 Å². The van der Waals surface area contributed by atoms with E-state index in [-0.39, 0.29) is 0 Å². The summed E-state index contributed by atoms with van der Waals surface area (Å²) in [6.07, 6.45) is 2.61. The maximum atomic E-state index is 3.72. The average Bonchev–Trinajstić information content (AvgIpc) is 2.30. The van der Waals surface area contributed by atoms with E-state index in [4.69, 9.17) is 0 Å². The number of nitrogens with zero attached hydrogens (tertiary/aromatic N) is 2. The van der Waals surface area contributed by atoms with Gasteiger partial charge in [-0.3, -0.25) is 4.90 Å². The molecule has 17 heavy (non-hydrogen) atoms. The predicted molar refractivity (Wildman–Crippen MR) is 75.5 cm³/mol. The zero-order valence-electron chi connectivity index (χ0n) is 12.4. The van der Waals surface area contributed by atoms with Crippen molar-refractivity contribution in [3.05, 3.63) is 0 Å². The molecule has 1 fully saturated rings. The molecule has 0 amide bonds. The second-order valence-electron chi connectivity index (χ2n) is 5.66. The average molecular weight is 241 g/mol. The highest BCUT2D eigenvalue weighted by atomic mass is 15.3. The third-order valence-corrected chi connectivity index (χ3v) is 4.11. The van der Waals surface area contributed by atoms with Gasteiger partial charge in [-0.2, -0.15) is 0 Å². The van der Waals surface area contributed by atoms with Gasteiger partial charge in [0.1, 0.15) is 0 Å². The fourth-order valence-electron chi connectivity index (χ4n) is 3.02. The number of likely N-dealkylation sites (N-methyl/N-ethyl adjacent to an activating group) is 3. The van der Waals surface area contributed by atoms with E-state index in [1.54, 1.807) is 0 Å². The van der Waals surface area contributed by atoms with Crippen molar-refractivity contribution in [3.63, 3.8) is 0 Å². The van der Waals surface area contributed by atoms with E-state index in [0.29, 0.717) is 12.1 Å². The quantitative estimate of drug-likeness (QED) is 0.763. The van der Waals surface area contributed by atoms with E-state index in [1.165, 1.54) is 32.5 Å². The van der Waals surface area contributed by atoms with Crippen LogP contribution in [-0.2, 0) is 0 Å². The van der Waals surface area contributed by atoms with E-state index in [1.807, 2.05) is 0 Å². The van der Waals surface area contributed by atoms with Gasteiger partial charge in [0.25, 0.3) is 0 Å². The first-order chi connectivity index (χ1) is 8.10. The van der Waals surface area contributed by atoms with Crippen LogP contribution in [0.5, 0.6) is 0 Å². The zero-order valence-corrected chi connectivity index (χ0v) is 12.4. The maximum absolute atomic E-state index is 3.72. The smallest absolute Gasteiger partial charge is 0.0376 e. The molecule has 0 radical (unpaired) electrons. The monoisotopic (exact) mass is 241 g/mol. The lowest BCUT2D eigenvalue weighted by atomic mass is 9.89. The third-order valence-electron chi connectivity index (χ3n) is 4.11. The van der Waals surface area contributed by atoms with Gasteiger partial charge < -0.3 is 10.2 Å². The molecule has 0 saturated carbocycles. The Hall–Kier alpha value is -0.120. The summed E-state index contributed by atoms with van der Waals surface area (Å²) in [7, 11) is 4.52. The molecule has 1 aliphatic rings. The molecule has 3 nitrogen and oxygen atoms in total. The molecule has 3 atom stereocenters. The molecule has 102 valence electrons. The highest BCUT2D eigenvalue weighted by molar-refractivity contribution is 4.91. The van der Waals surface area contributed by atoms with Crippen molar-refractivity contribution in [3.8, 4) is 0 Å². The number of hydrogen-bond donors (Lipinski definition) is 1. The largest absolute Gasteiger partial charge is 0.312 e. The summed E-state index contributed by atoms with van der Waals surface area (Å²) >= 11 is 0. The fourth-order valence-corrected chi connectivity index (χ4v) is 3.02. The lowest BCUT2D eigenvalue weighted by Gasteiger charge is -2.44. The van der Waals surface area contributed by atoms with Crippen molar-refractivity contribution in [2.75, 3.05) is 40.3 Å². The van der Waals surface area contributed by atoms with Gasteiger partial charge in [0, 0.05) is 31.7 Å². The molecular weight excluding hydrogens is 210 g/mol. The molecule has 3 heteroatoms. The van der Waals surface area contributed by atoms with Crippen molar-refractivity contribution in [1.29, 1.82) is 0 Å². The minimum absolute atomic E-state index is 0.632. The number of hydrogen-bond acceptors (Lipinski definition) is 3. The molecule has 0 bridgehead atoms. The van der Waals surface area contributed by atoms with E-state index in [0.717, 1.165) is 12.5 Å². The highest BCUT2D eigenvalue weighted by Crippen LogP contribution is 2.19. The van der Waals surface area contributed by atoms with E-state index in [2.05, 4.69) is 50.0 Å². The topological polar surface area (TPSA) is 18.5 Å². The predicted octanol–water partition coefficient (Wildman–Crippen LogP) is 1.65. The summed E-state index contributed by atoms with van der Waals surface area (Å²) in [6.45, 7) is 11.6. The molecule has 1 saturated heterocycles. The number of nitrogens with one attached hydrogen (secondary N) is 1. The van der Waals surface area contributed by atoms with Crippen molar-refractivity contribution < 1.29 is 0 Å². The van der Waals surface area contributed by atoms with Gasteiger partial charge in [-0.1, -0.05) is 27.2 Å². The molecule has 0 aliphatic carbocycles. The van der Waals surface area contributed by atoms with Gasteiger partial charge in [0.05, 0.1) is 0 Å². The molecule has 3 unspecified atom stereocenters. The number of rotatable bonds is 6. The molecule has 1 aliphatic heterocycles. The molecule has 0 aromatic rings. The second-order valence-corrected chi connectivity index (χ2v) is 5.66. The van der Waals surface area contributed by atoms with E-state index in [9.17, 15) is 0 Å². The van der Waals surface area contributed by atoms with Gasteiger partial charge in [-0.15, -0.1) is 0 Å².